The van der Waals surface area contributed by atoms with E-state index in [9.17, 15) is 14.0 Å². The van der Waals surface area contributed by atoms with E-state index in [0.29, 0.717) is 5.69 Å². The zero-order valence-corrected chi connectivity index (χ0v) is 11.3. The maximum atomic E-state index is 13.0. The number of hydrogen-bond acceptors (Lipinski definition) is 3. The quantitative estimate of drug-likeness (QED) is 0.760. The number of aromatic carboxylic acids is 1. The molecule has 0 saturated heterocycles. The molecule has 2 aromatic carbocycles. The SMILES string of the molecule is Nc1ccc(C(=O)O)c(NC(=O)c2ccc(F)cc2Cl)c1. The number of rotatable bonds is 3. The molecule has 0 unspecified atom stereocenters. The first-order valence-electron chi connectivity index (χ1n) is 5.77. The van der Waals surface area contributed by atoms with Crippen LogP contribution in [0, 0.1) is 5.82 Å². The molecule has 0 heterocycles. The number of carboxylic acids is 1. The maximum absolute atomic E-state index is 13.0. The highest BCUT2D eigenvalue weighted by Gasteiger charge is 2.16. The normalized spacial score (nSPS) is 10.2. The minimum atomic E-state index is -1.21. The Balaban J connectivity index is 2.35. The third-order valence-electron chi connectivity index (χ3n) is 2.70. The van der Waals surface area contributed by atoms with Crippen LogP contribution in [-0.2, 0) is 0 Å². The van der Waals surface area contributed by atoms with Gasteiger partial charge in [-0.15, -0.1) is 0 Å². The van der Waals surface area contributed by atoms with E-state index in [-0.39, 0.29) is 21.8 Å². The summed E-state index contributed by atoms with van der Waals surface area (Å²) in [5.41, 5.74) is 5.81. The zero-order valence-electron chi connectivity index (χ0n) is 10.6. The van der Waals surface area contributed by atoms with Gasteiger partial charge < -0.3 is 16.2 Å². The van der Waals surface area contributed by atoms with Gasteiger partial charge >= 0.3 is 5.97 Å². The van der Waals surface area contributed by atoms with Crippen molar-refractivity contribution in [1.82, 2.24) is 0 Å². The molecule has 0 aliphatic rings. The summed E-state index contributed by atoms with van der Waals surface area (Å²) in [4.78, 5) is 23.2. The highest BCUT2D eigenvalue weighted by atomic mass is 35.5. The first-order chi connectivity index (χ1) is 9.88. The largest absolute Gasteiger partial charge is 0.478 e. The number of carbonyl (C=O) groups excluding carboxylic acids is 1. The lowest BCUT2D eigenvalue weighted by atomic mass is 10.1. The van der Waals surface area contributed by atoms with Gasteiger partial charge in [0.1, 0.15) is 5.82 Å². The standard InChI is InChI=1S/C14H10ClFN2O3/c15-11-5-7(16)1-3-9(11)13(19)18-12-6-8(17)2-4-10(12)14(20)21/h1-6H,17H2,(H,18,19)(H,20,21). The van der Waals surface area contributed by atoms with E-state index in [1.165, 1.54) is 24.3 Å². The molecular formula is C14H10ClFN2O3. The van der Waals surface area contributed by atoms with Gasteiger partial charge in [-0.2, -0.15) is 0 Å². The van der Waals surface area contributed by atoms with Crippen LogP contribution in [0.4, 0.5) is 15.8 Å². The Bertz CT molecular complexity index is 734. The monoisotopic (exact) mass is 308 g/mol. The fraction of sp³-hybridized carbons (Fsp3) is 0. The van der Waals surface area contributed by atoms with Crippen molar-refractivity contribution in [3.05, 3.63) is 58.4 Å². The summed E-state index contributed by atoms with van der Waals surface area (Å²) in [6.45, 7) is 0. The summed E-state index contributed by atoms with van der Waals surface area (Å²) in [6.07, 6.45) is 0. The molecule has 21 heavy (non-hydrogen) atoms. The number of benzene rings is 2. The van der Waals surface area contributed by atoms with E-state index in [4.69, 9.17) is 22.4 Å². The predicted molar refractivity (Wildman–Crippen MR) is 77.2 cm³/mol. The number of nitrogen functional groups attached to an aromatic ring is 1. The van der Waals surface area contributed by atoms with Crippen LogP contribution in [-0.4, -0.2) is 17.0 Å². The second-order valence-corrected chi connectivity index (χ2v) is 4.60. The number of carboxylic acid groups (broad SMARTS) is 1. The van der Waals surface area contributed by atoms with Crippen molar-refractivity contribution < 1.29 is 19.1 Å². The number of carbonyl (C=O) groups is 2. The second-order valence-electron chi connectivity index (χ2n) is 4.19. The maximum Gasteiger partial charge on any atom is 0.337 e. The van der Waals surface area contributed by atoms with Crippen LogP contribution in [0.5, 0.6) is 0 Å². The number of hydrogen-bond donors (Lipinski definition) is 3. The van der Waals surface area contributed by atoms with Gasteiger partial charge in [0.25, 0.3) is 5.91 Å². The summed E-state index contributed by atoms with van der Waals surface area (Å²) in [6, 6.07) is 7.29. The predicted octanol–water partition coefficient (Wildman–Crippen LogP) is 3.01. The van der Waals surface area contributed by atoms with Gasteiger partial charge in [-0.1, -0.05) is 11.6 Å². The lowest BCUT2D eigenvalue weighted by Gasteiger charge is -2.10. The Labute approximate surface area is 124 Å². The minimum absolute atomic E-state index is 0.0248. The van der Waals surface area contributed by atoms with Crippen molar-refractivity contribution in [3.8, 4) is 0 Å². The summed E-state index contributed by atoms with van der Waals surface area (Å²) < 4.78 is 13.0. The topological polar surface area (TPSA) is 92.4 Å². The fourth-order valence-electron chi connectivity index (χ4n) is 1.72. The molecule has 5 nitrogen and oxygen atoms in total. The summed E-state index contributed by atoms with van der Waals surface area (Å²) in [5, 5.41) is 11.4. The molecule has 0 aliphatic carbocycles. The highest BCUT2D eigenvalue weighted by Crippen LogP contribution is 2.22. The zero-order chi connectivity index (χ0) is 15.6. The van der Waals surface area contributed by atoms with Crippen LogP contribution in [0.15, 0.2) is 36.4 Å². The van der Waals surface area contributed by atoms with E-state index in [1.807, 2.05) is 0 Å². The van der Waals surface area contributed by atoms with Crippen molar-refractivity contribution in [1.29, 1.82) is 0 Å². The molecule has 4 N–H and O–H groups in total. The van der Waals surface area contributed by atoms with Gasteiger partial charge in [-0.3, -0.25) is 4.79 Å². The molecule has 0 atom stereocenters. The van der Waals surface area contributed by atoms with Crippen molar-refractivity contribution >= 4 is 34.9 Å². The molecule has 7 heteroatoms. The van der Waals surface area contributed by atoms with E-state index in [1.54, 1.807) is 0 Å². The van der Waals surface area contributed by atoms with Crippen molar-refractivity contribution in [3.63, 3.8) is 0 Å². The first kappa shape index (κ1) is 14.8. The molecular weight excluding hydrogens is 299 g/mol. The van der Waals surface area contributed by atoms with Crippen molar-refractivity contribution in [2.45, 2.75) is 0 Å². The third-order valence-corrected chi connectivity index (χ3v) is 3.01. The van der Waals surface area contributed by atoms with Crippen LogP contribution < -0.4 is 11.1 Å². The molecule has 2 aromatic rings. The molecule has 108 valence electrons. The average Bonchev–Trinajstić information content (AvgIpc) is 2.37. The molecule has 0 radical (unpaired) electrons. The minimum Gasteiger partial charge on any atom is -0.478 e. The van der Waals surface area contributed by atoms with Crippen LogP contribution >= 0.6 is 11.6 Å². The van der Waals surface area contributed by atoms with Gasteiger partial charge in [-0.05, 0) is 36.4 Å². The Morgan fingerprint density at radius 1 is 1.14 bits per heavy atom. The summed E-state index contributed by atoms with van der Waals surface area (Å²) in [7, 11) is 0. The van der Waals surface area contributed by atoms with E-state index < -0.39 is 17.7 Å². The van der Waals surface area contributed by atoms with E-state index in [2.05, 4.69) is 5.32 Å². The number of nitrogens with two attached hydrogens (primary N) is 1. The Hall–Kier alpha value is -2.60. The van der Waals surface area contributed by atoms with Gasteiger partial charge in [0.2, 0.25) is 0 Å². The highest BCUT2D eigenvalue weighted by molar-refractivity contribution is 6.34. The molecule has 2 rings (SSSR count). The Morgan fingerprint density at radius 3 is 2.43 bits per heavy atom. The molecule has 0 bridgehead atoms. The Kier molecular flexibility index (Phi) is 4.09. The molecule has 0 spiro atoms. The fourth-order valence-corrected chi connectivity index (χ4v) is 1.97. The smallest absolute Gasteiger partial charge is 0.337 e. The van der Waals surface area contributed by atoms with Gasteiger partial charge in [0, 0.05) is 5.69 Å². The molecule has 1 amide bonds. The summed E-state index contributed by atoms with van der Waals surface area (Å²) >= 11 is 5.78. The van der Waals surface area contributed by atoms with Gasteiger partial charge in [-0.25, -0.2) is 9.18 Å². The van der Waals surface area contributed by atoms with Gasteiger partial charge in [0.15, 0.2) is 0 Å². The number of anilines is 2. The lowest BCUT2D eigenvalue weighted by Crippen LogP contribution is -2.15. The average molecular weight is 309 g/mol. The molecule has 0 aromatic heterocycles. The third kappa shape index (κ3) is 3.29. The van der Waals surface area contributed by atoms with Gasteiger partial charge in [0.05, 0.1) is 21.8 Å². The molecule has 0 aliphatic heterocycles. The van der Waals surface area contributed by atoms with E-state index in [0.717, 1.165) is 12.1 Å². The van der Waals surface area contributed by atoms with Crippen LogP contribution in [0.1, 0.15) is 20.7 Å². The van der Waals surface area contributed by atoms with Crippen molar-refractivity contribution in [2.75, 3.05) is 11.1 Å². The molecule has 0 saturated carbocycles. The summed E-state index contributed by atoms with van der Waals surface area (Å²) in [5.74, 6) is -2.45. The number of nitrogens with one attached hydrogen (secondary N) is 1. The Morgan fingerprint density at radius 2 is 1.81 bits per heavy atom. The number of amides is 1. The second kappa shape index (κ2) is 5.80. The van der Waals surface area contributed by atoms with Crippen LogP contribution in [0.2, 0.25) is 5.02 Å². The van der Waals surface area contributed by atoms with Crippen LogP contribution in [0.25, 0.3) is 0 Å². The first-order valence-corrected chi connectivity index (χ1v) is 6.15. The van der Waals surface area contributed by atoms with E-state index >= 15 is 0 Å². The number of halogens is 2. The molecule has 0 fully saturated rings. The van der Waals surface area contributed by atoms with Crippen LogP contribution in [0.3, 0.4) is 0 Å². The van der Waals surface area contributed by atoms with Crippen molar-refractivity contribution in [2.24, 2.45) is 0 Å². The lowest BCUT2D eigenvalue weighted by molar-refractivity contribution is 0.0698.